The van der Waals surface area contributed by atoms with Gasteiger partial charge >= 0.3 is 5.97 Å². The SMILES string of the molecule is COC(=O)c1ccc([C@H](C)NC(=O)[C@H]2CCCN2Cc2cccc(Br)c2)cc1OC. The highest BCUT2D eigenvalue weighted by Gasteiger charge is 2.31. The number of nitrogens with zero attached hydrogens (tertiary/aromatic N) is 1. The first-order valence-corrected chi connectivity index (χ1v) is 10.8. The molecule has 1 aliphatic rings. The largest absolute Gasteiger partial charge is 0.496 e. The molecule has 2 aromatic carbocycles. The third-order valence-electron chi connectivity index (χ3n) is 5.43. The number of benzene rings is 2. The van der Waals surface area contributed by atoms with Crippen LogP contribution in [0.5, 0.6) is 5.75 Å². The highest BCUT2D eigenvalue weighted by atomic mass is 79.9. The van der Waals surface area contributed by atoms with E-state index in [1.54, 1.807) is 12.1 Å². The lowest BCUT2D eigenvalue weighted by molar-refractivity contribution is -0.126. The van der Waals surface area contributed by atoms with Crippen molar-refractivity contribution in [2.75, 3.05) is 20.8 Å². The normalized spacial score (nSPS) is 17.4. The van der Waals surface area contributed by atoms with Gasteiger partial charge in [-0.15, -0.1) is 0 Å². The zero-order valence-electron chi connectivity index (χ0n) is 17.5. The summed E-state index contributed by atoms with van der Waals surface area (Å²) in [5.74, 6) is -0.00663. The van der Waals surface area contributed by atoms with E-state index in [2.05, 4.69) is 38.3 Å². The van der Waals surface area contributed by atoms with Crippen LogP contribution in [-0.4, -0.2) is 43.6 Å². The maximum Gasteiger partial charge on any atom is 0.341 e. The summed E-state index contributed by atoms with van der Waals surface area (Å²) < 4.78 is 11.2. The van der Waals surface area contributed by atoms with E-state index in [4.69, 9.17) is 9.47 Å². The summed E-state index contributed by atoms with van der Waals surface area (Å²) in [6.07, 6.45) is 1.85. The van der Waals surface area contributed by atoms with Gasteiger partial charge in [-0.05, 0) is 61.7 Å². The molecule has 1 saturated heterocycles. The Balaban J connectivity index is 1.68. The highest BCUT2D eigenvalue weighted by Crippen LogP contribution is 2.26. The molecule has 160 valence electrons. The van der Waals surface area contributed by atoms with Gasteiger partial charge in [0.15, 0.2) is 0 Å². The Morgan fingerprint density at radius 3 is 2.73 bits per heavy atom. The fraction of sp³-hybridized carbons (Fsp3) is 0.391. The van der Waals surface area contributed by atoms with Gasteiger partial charge < -0.3 is 14.8 Å². The number of hydrogen-bond acceptors (Lipinski definition) is 5. The van der Waals surface area contributed by atoms with Crippen LogP contribution in [0.2, 0.25) is 0 Å². The number of esters is 1. The topological polar surface area (TPSA) is 67.9 Å². The number of carbonyl (C=O) groups is 2. The van der Waals surface area contributed by atoms with Crippen molar-refractivity contribution in [3.8, 4) is 5.75 Å². The molecule has 0 aromatic heterocycles. The van der Waals surface area contributed by atoms with Crippen molar-refractivity contribution in [1.82, 2.24) is 10.2 Å². The van der Waals surface area contributed by atoms with Crippen LogP contribution in [0.1, 0.15) is 47.3 Å². The Labute approximate surface area is 185 Å². The van der Waals surface area contributed by atoms with Crippen LogP contribution < -0.4 is 10.1 Å². The molecule has 1 fully saturated rings. The molecule has 1 N–H and O–H groups in total. The molecule has 6 nitrogen and oxygen atoms in total. The Hall–Kier alpha value is -2.38. The van der Waals surface area contributed by atoms with Gasteiger partial charge in [-0.2, -0.15) is 0 Å². The van der Waals surface area contributed by atoms with Crippen LogP contribution in [-0.2, 0) is 16.1 Å². The maximum atomic E-state index is 13.0. The van der Waals surface area contributed by atoms with Gasteiger partial charge in [-0.1, -0.05) is 34.1 Å². The van der Waals surface area contributed by atoms with Crippen molar-refractivity contribution in [3.63, 3.8) is 0 Å². The lowest BCUT2D eigenvalue weighted by atomic mass is 10.0. The second-order valence-corrected chi connectivity index (χ2v) is 8.36. The minimum atomic E-state index is -0.454. The van der Waals surface area contributed by atoms with E-state index >= 15 is 0 Å². The second kappa shape index (κ2) is 10.1. The van der Waals surface area contributed by atoms with E-state index in [-0.39, 0.29) is 18.0 Å². The first-order chi connectivity index (χ1) is 14.4. The van der Waals surface area contributed by atoms with Crippen LogP contribution in [0.4, 0.5) is 0 Å². The quantitative estimate of drug-likeness (QED) is 0.612. The molecule has 2 atom stereocenters. The van der Waals surface area contributed by atoms with E-state index < -0.39 is 5.97 Å². The molecular weight excluding hydrogens is 448 g/mol. The molecule has 0 radical (unpaired) electrons. The number of likely N-dealkylation sites (tertiary alicyclic amines) is 1. The van der Waals surface area contributed by atoms with E-state index in [1.165, 1.54) is 19.8 Å². The standard InChI is InChI=1S/C23H27BrN2O4/c1-15(17-9-10-19(23(28)30-3)21(13-17)29-2)25-22(27)20-8-5-11-26(20)14-16-6-4-7-18(24)12-16/h4,6-7,9-10,12-13,15,20H,5,8,11,14H2,1-3H3,(H,25,27)/t15-,20+/m0/s1. The minimum Gasteiger partial charge on any atom is -0.496 e. The molecule has 0 spiro atoms. The van der Waals surface area contributed by atoms with Gasteiger partial charge in [0.1, 0.15) is 11.3 Å². The molecule has 0 saturated carbocycles. The molecule has 1 heterocycles. The fourth-order valence-corrected chi connectivity index (χ4v) is 4.28. The number of ether oxygens (including phenoxy) is 2. The average molecular weight is 475 g/mol. The summed E-state index contributed by atoms with van der Waals surface area (Å²) in [5.41, 5.74) is 2.41. The third-order valence-corrected chi connectivity index (χ3v) is 5.92. The van der Waals surface area contributed by atoms with Crippen molar-refractivity contribution < 1.29 is 19.1 Å². The molecule has 2 aromatic rings. The first kappa shape index (κ1) is 22.3. The number of halogens is 1. The van der Waals surface area contributed by atoms with Gasteiger partial charge in [-0.25, -0.2) is 4.79 Å². The van der Waals surface area contributed by atoms with Crippen LogP contribution in [0.3, 0.4) is 0 Å². The average Bonchev–Trinajstić information content (AvgIpc) is 3.20. The summed E-state index contributed by atoms with van der Waals surface area (Å²) in [7, 11) is 2.84. The van der Waals surface area contributed by atoms with Gasteiger partial charge in [0.25, 0.3) is 0 Å². The maximum absolute atomic E-state index is 13.0. The summed E-state index contributed by atoms with van der Waals surface area (Å²) in [4.78, 5) is 27.1. The lowest BCUT2D eigenvalue weighted by Gasteiger charge is -2.26. The summed E-state index contributed by atoms with van der Waals surface area (Å²) >= 11 is 3.51. The predicted molar refractivity (Wildman–Crippen MR) is 118 cm³/mol. The Kier molecular flexibility index (Phi) is 7.50. The first-order valence-electron chi connectivity index (χ1n) is 9.98. The molecule has 0 bridgehead atoms. The molecule has 3 rings (SSSR count). The van der Waals surface area contributed by atoms with E-state index in [1.807, 2.05) is 25.1 Å². The van der Waals surface area contributed by atoms with Crippen LogP contribution in [0.15, 0.2) is 46.9 Å². The molecule has 1 aliphatic heterocycles. The van der Waals surface area contributed by atoms with Gasteiger partial charge in [0.2, 0.25) is 5.91 Å². The van der Waals surface area contributed by atoms with Gasteiger partial charge in [0, 0.05) is 11.0 Å². The number of rotatable bonds is 7. The van der Waals surface area contributed by atoms with Gasteiger partial charge in [-0.3, -0.25) is 9.69 Å². The lowest BCUT2D eigenvalue weighted by Crippen LogP contribution is -2.43. The molecule has 30 heavy (non-hydrogen) atoms. The van der Waals surface area contributed by atoms with Crippen molar-refractivity contribution in [3.05, 3.63) is 63.6 Å². The number of carbonyl (C=O) groups excluding carboxylic acids is 2. The minimum absolute atomic E-state index is 0.0195. The van der Waals surface area contributed by atoms with Crippen molar-refractivity contribution in [2.45, 2.75) is 38.4 Å². The number of nitrogens with one attached hydrogen (secondary N) is 1. The predicted octanol–water partition coefficient (Wildman–Crippen LogP) is 4.09. The van der Waals surface area contributed by atoms with Crippen LogP contribution >= 0.6 is 15.9 Å². The highest BCUT2D eigenvalue weighted by molar-refractivity contribution is 9.10. The summed E-state index contributed by atoms with van der Waals surface area (Å²) in [6.45, 7) is 3.58. The number of hydrogen-bond donors (Lipinski definition) is 1. The van der Waals surface area contributed by atoms with Crippen molar-refractivity contribution in [1.29, 1.82) is 0 Å². The molecule has 1 amide bonds. The van der Waals surface area contributed by atoms with Crippen LogP contribution in [0.25, 0.3) is 0 Å². The zero-order valence-corrected chi connectivity index (χ0v) is 19.1. The van der Waals surface area contributed by atoms with E-state index in [0.29, 0.717) is 11.3 Å². The van der Waals surface area contributed by atoms with Crippen molar-refractivity contribution in [2.24, 2.45) is 0 Å². The Morgan fingerprint density at radius 1 is 1.23 bits per heavy atom. The monoisotopic (exact) mass is 474 g/mol. The summed E-state index contributed by atoms with van der Waals surface area (Å²) in [6, 6.07) is 13.1. The molecular formula is C23H27BrN2O4. The van der Waals surface area contributed by atoms with E-state index in [0.717, 1.165) is 36.0 Å². The number of amides is 1. The fourth-order valence-electron chi connectivity index (χ4n) is 3.83. The smallest absolute Gasteiger partial charge is 0.341 e. The van der Waals surface area contributed by atoms with Gasteiger partial charge in [0.05, 0.1) is 26.3 Å². The zero-order chi connectivity index (χ0) is 21.7. The van der Waals surface area contributed by atoms with E-state index in [9.17, 15) is 9.59 Å². The molecule has 7 heteroatoms. The summed E-state index contributed by atoms with van der Waals surface area (Å²) in [5, 5.41) is 3.12. The number of methoxy groups -OCH3 is 2. The Morgan fingerprint density at radius 2 is 2.03 bits per heavy atom. The van der Waals surface area contributed by atoms with Crippen molar-refractivity contribution >= 4 is 27.8 Å². The van der Waals surface area contributed by atoms with Crippen LogP contribution in [0, 0.1) is 0 Å². The Bertz CT molecular complexity index is 918. The molecule has 0 aliphatic carbocycles. The third kappa shape index (κ3) is 5.21. The molecule has 0 unspecified atom stereocenters. The second-order valence-electron chi connectivity index (χ2n) is 7.44.